The molecule has 0 spiro atoms. The van der Waals surface area contributed by atoms with Crippen molar-refractivity contribution in [2.24, 2.45) is 0 Å². The summed E-state index contributed by atoms with van der Waals surface area (Å²) in [6.07, 6.45) is -1.41. The van der Waals surface area contributed by atoms with Gasteiger partial charge < -0.3 is 40.2 Å². The molecule has 0 aliphatic carbocycles. The standard InChI is InChI=1S/C18H24O12P2.Na.H/c1-25-14-6-5-11(7-13(14)19)8-15(29-32(23,24)30-31(20,21)22)12-9-16(26-2)18(28-4)17(10-12)27-3;;/h5-7,9-10,15,19H,8H2,1-4H3,(H,23,24)(H2,20,21,22);;/q;+1;-1/t15-;;/m1../s1. The quantitative estimate of drug-likeness (QED) is 0.233. The van der Waals surface area contributed by atoms with Crippen molar-refractivity contribution in [1.82, 2.24) is 0 Å². The van der Waals surface area contributed by atoms with E-state index in [9.17, 15) is 19.1 Å². The van der Waals surface area contributed by atoms with Crippen LogP contribution in [0.25, 0.3) is 0 Å². The molecule has 0 aliphatic heterocycles. The Morgan fingerprint density at radius 2 is 1.42 bits per heavy atom. The number of phosphoric acid groups is 2. The molecule has 33 heavy (non-hydrogen) atoms. The molecule has 15 heteroatoms. The zero-order valence-corrected chi connectivity index (χ0v) is 22.4. The van der Waals surface area contributed by atoms with Gasteiger partial charge in [0.2, 0.25) is 5.75 Å². The van der Waals surface area contributed by atoms with Crippen LogP contribution in [-0.4, -0.2) is 48.2 Å². The Bertz CT molecular complexity index is 1020. The van der Waals surface area contributed by atoms with Gasteiger partial charge in [-0.3, -0.25) is 4.52 Å². The summed E-state index contributed by atoms with van der Waals surface area (Å²) in [5.41, 5.74) is 0.677. The number of phosphoric ester groups is 1. The van der Waals surface area contributed by atoms with E-state index in [0.717, 1.165) is 0 Å². The number of rotatable bonds is 11. The van der Waals surface area contributed by atoms with E-state index in [4.69, 9.17) is 33.3 Å². The molecule has 4 N–H and O–H groups in total. The van der Waals surface area contributed by atoms with Crippen LogP contribution in [0.15, 0.2) is 30.3 Å². The van der Waals surface area contributed by atoms with E-state index in [0.29, 0.717) is 5.56 Å². The first-order valence-corrected chi connectivity index (χ1v) is 11.9. The number of methoxy groups -OCH3 is 4. The predicted octanol–water partition coefficient (Wildman–Crippen LogP) is 0.0532. The van der Waals surface area contributed by atoms with Crippen molar-refractivity contribution in [3.63, 3.8) is 0 Å². The van der Waals surface area contributed by atoms with Crippen LogP contribution in [0.5, 0.6) is 28.7 Å². The van der Waals surface area contributed by atoms with Gasteiger partial charge in [-0.05, 0) is 35.4 Å². The van der Waals surface area contributed by atoms with Gasteiger partial charge in [0.1, 0.15) is 0 Å². The number of phenolic OH excluding ortho intramolecular Hbond substituents is 1. The topological polar surface area (TPSA) is 170 Å². The minimum absolute atomic E-state index is 0. The van der Waals surface area contributed by atoms with Crippen LogP contribution in [0.1, 0.15) is 18.7 Å². The molecule has 0 saturated heterocycles. The van der Waals surface area contributed by atoms with Crippen LogP contribution in [0, 0.1) is 0 Å². The molecule has 0 amide bonds. The molecule has 2 aromatic rings. The molecule has 180 valence electrons. The first kappa shape index (κ1) is 29.7. The maximum Gasteiger partial charge on any atom is 1.00 e. The molecule has 2 rings (SSSR count). The first-order chi connectivity index (χ1) is 14.9. The monoisotopic (exact) mass is 518 g/mol. The molecule has 2 aromatic carbocycles. The average molecular weight is 518 g/mol. The molecule has 0 aromatic heterocycles. The third kappa shape index (κ3) is 8.45. The predicted molar refractivity (Wildman–Crippen MR) is 112 cm³/mol. The average Bonchev–Trinajstić information content (AvgIpc) is 2.70. The molecular weight excluding hydrogens is 493 g/mol. The Morgan fingerprint density at radius 3 is 1.85 bits per heavy atom. The molecule has 0 fully saturated rings. The van der Waals surface area contributed by atoms with Crippen molar-refractivity contribution in [1.29, 1.82) is 0 Å². The van der Waals surface area contributed by atoms with Crippen LogP contribution in [0.2, 0.25) is 0 Å². The summed E-state index contributed by atoms with van der Waals surface area (Å²) in [5, 5.41) is 10.0. The van der Waals surface area contributed by atoms with Gasteiger partial charge in [0.25, 0.3) is 0 Å². The van der Waals surface area contributed by atoms with Crippen LogP contribution in [-0.2, 0) is 24.4 Å². The Hall–Kier alpha value is -1.30. The van der Waals surface area contributed by atoms with Crippen LogP contribution >= 0.6 is 15.6 Å². The fourth-order valence-electron chi connectivity index (χ4n) is 2.89. The van der Waals surface area contributed by atoms with Gasteiger partial charge in [0.05, 0.1) is 34.5 Å². The summed E-state index contributed by atoms with van der Waals surface area (Å²) in [6, 6.07) is 7.26. The van der Waals surface area contributed by atoms with Crippen LogP contribution in [0.3, 0.4) is 0 Å². The minimum atomic E-state index is -5.34. The smallest absolute Gasteiger partial charge is 1.00 e. The summed E-state index contributed by atoms with van der Waals surface area (Å²) in [5.74, 6) is 0.676. The molecule has 12 nitrogen and oxygen atoms in total. The minimum Gasteiger partial charge on any atom is -1.00 e. The van der Waals surface area contributed by atoms with Crippen molar-refractivity contribution in [2.45, 2.75) is 12.5 Å². The first-order valence-electron chi connectivity index (χ1n) is 8.86. The van der Waals surface area contributed by atoms with Gasteiger partial charge >= 0.3 is 45.2 Å². The summed E-state index contributed by atoms with van der Waals surface area (Å²) in [4.78, 5) is 27.8. The van der Waals surface area contributed by atoms with E-state index in [-0.39, 0.29) is 71.7 Å². The molecule has 0 radical (unpaired) electrons. The van der Waals surface area contributed by atoms with E-state index in [1.54, 1.807) is 6.07 Å². The Balaban J connectivity index is 0.00000544. The fraction of sp³-hybridized carbons (Fsp3) is 0.333. The molecule has 0 saturated carbocycles. The number of ether oxygens (including phenoxy) is 4. The molecular formula is C18H25NaO12P2. The Labute approximate surface area is 214 Å². The van der Waals surface area contributed by atoms with E-state index in [1.165, 1.54) is 52.7 Å². The summed E-state index contributed by atoms with van der Waals surface area (Å²) in [6.45, 7) is 0. The van der Waals surface area contributed by atoms with Gasteiger partial charge in [0.15, 0.2) is 23.0 Å². The second-order valence-corrected chi connectivity index (χ2v) is 9.09. The molecule has 1 unspecified atom stereocenters. The number of hydrogen-bond acceptors (Lipinski definition) is 9. The summed E-state index contributed by atoms with van der Waals surface area (Å²) >= 11 is 0. The number of benzene rings is 2. The largest absolute Gasteiger partial charge is 1.00 e. The van der Waals surface area contributed by atoms with Crippen molar-refractivity contribution in [3.05, 3.63) is 41.5 Å². The van der Waals surface area contributed by atoms with Crippen LogP contribution in [0.4, 0.5) is 0 Å². The zero-order chi connectivity index (χ0) is 24.1. The Kier molecular flexibility index (Phi) is 11.2. The maximum absolute atomic E-state index is 12.3. The number of hydrogen-bond donors (Lipinski definition) is 4. The van der Waals surface area contributed by atoms with E-state index >= 15 is 0 Å². The van der Waals surface area contributed by atoms with E-state index in [2.05, 4.69) is 4.31 Å². The third-order valence-electron chi connectivity index (χ3n) is 4.19. The second kappa shape index (κ2) is 12.4. The van der Waals surface area contributed by atoms with Crippen molar-refractivity contribution in [2.75, 3.05) is 28.4 Å². The fourth-order valence-corrected chi connectivity index (χ4v) is 4.64. The van der Waals surface area contributed by atoms with Gasteiger partial charge in [0, 0.05) is 6.42 Å². The van der Waals surface area contributed by atoms with Crippen molar-refractivity contribution in [3.8, 4) is 28.7 Å². The van der Waals surface area contributed by atoms with Gasteiger partial charge in [-0.25, -0.2) is 9.13 Å². The molecule has 0 bridgehead atoms. The SMILES string of the molecule is COc1ccc(C[C@@H](OP(=O)(O)OP(=O)(O)O)c2cc(OC)c(OC)c(OC)c2)cc1O.[H-].[Na+]. The number of aromatic hydroxyl groups is 1. The second-order valence-electron chi connectivity index (χ2n) is 6.30. The zero-order valence-electron chi connectivity index (χ0n) is 19.6. The van der Waals surface area contributed by atoms with Gasteiger partial charge in [-0.15, -0.1) is 0 Å². The molecule has 0 aliphatic rings. The van der Waals surface area contributed by atoms with Crippen LogP contribution < -0.4 is 48.5 Å². The summed E-state index contributed by atoms with van der Waals surface area (Å²) in [7, 11) is -5.07. The third-order valence-corrected chi connectivity index (χ3v) is 6.39. The summed E-state index contributed by atoms with van der Waals surface area (Å²) < 4.78 is 53.2. The Morgan fingerprint density at radius 1 is 0.879 bits per heavy atom. The van der Waals surface area contributed by atoms with Gasteiger partial charge in [-0.1, -0.05) is 6.07 Å². The molecule has 2 atom stereocenters. The normalized spacial score (nSPS) is 13.9. The maximum atomic E-state index is 12.3. The van der Waals surface area contributed by atoms with Crippen molar-refractivity contribution >= 4 is 15.6 Å². The van der Waals surface area contributed by atoms with E-state index in [1.807, 2.05) is 0 Å². The van der Waals surface area contributed by atoms with Gasteiger partial charge in [-0.2, -0.15) is 4.31 Å². The van der Waals surface area contributed by atoms with E-state index < -0.39 is 21.7 Å². The number of phenols is 1. The van der Waals surface area contributed by atoms with Crippen molar-refractivity contribution < 1.29 is 87.7 Å². The molecule has 0 heterocycles.